The summed E-state index contributed by atoms with van der Waals surface area (Å²) in [6, 6.07) is 21.7. The van der Waals surface area contributed by atoms with Gasteiger partial charge in [0, 0.05) is 11.3 Å². The van der Waals surface area contributed by atoms with E-state index in [1.54, 1.807) is 0 Å². The Kier molecular flexibility index (Phi) is 3.89. The summed E-state index contributed by atoms with van der Waals surface area (Å²) >= 11 is 0. The minimum atomic E-state index is 0.605. The maximum Gasteiger partial charge on any atom is 0.161 e. The molecule has 0 saturated heterocycles. The minimum Gasteiger partial charge on any atom is -0.473 e. The average Bonchev–Trinajstić information content (AvgIpc) is 2.67. The van der Waals surface area contributed by atoms with Crippen molar-refractivity contribution in [2.75, 3.05) is 11.6 Å². The van der Waals surface area contributed by atoms with Gasteiger partial charge in [-0.05, 0) is 46.9 Å². The van der Waals surface area contributed by atoms with Crippen molar-refractivity contribution in [3.8, 4) is 5.75 Å². The summed E-state index contributed by atoms with van der Waals surface area (Å²) in [5, 5.41) is 2.56. The maximum absolute atomic E-state index is 6.02. The van der Waals surface area contributed by atoms with E-state index < -0.39 is 0 Å². The average molecular weight is 317 g/mol. The molecule has 0 fully saturated rings. The Morgan fingerprint density at radius 2 is 1.79 bits per heavy atom. The fourth-order valence-corrected chi connectivity index (χ4v) is 3.41. The van der Waals surface area contributed by atoms with Gasteiger partial charge in [0.1, 0.15) is 5.75 Å². The quantitative estimate of drug-likeness (QED) is 0.613. The summed E-state index contributed by atoms with van der Waals surface area (Å²) in [7, 11) is 0. The van der Waals surface area contributed by atoms with Crippen LogP contribution in [0.25, 0.3) is 10.8 Å². The lowest BCUT2D eigenvalue weighted by molar-refractivity contribution is 0.290. The van der Waals surface area contributed by atoms with E-state index in [2.05, 4.69) is 79.4 Å². The highest BCUT2D eigenvalue weighted by Gasteiger charge is 2.19. The summed E-state index contributed by atoms with van der Waals surface area (Å²) in [6.07, 6.45) is 1.17. The number of hydrogen-bond donors (Lipinski definition) is 0. The number of ether oxygens (including phenoxy) is 1. The molecule has 2 nitrogen and oxygen atoms in total. The van der Waals surface area contributed by atoms with Crippen molar-refractivity contribution in [2.24, 2.45) is 0 Å². The first-order chi connectivity index (χ1) is 11.8. The number of anilines is 1. The summed E-state index contributed by atoms with van der Waals surface area (Å²) in [5.74, 6) is 1.63. The van der Waals surface area contributed by atoms with Crippen molar-refractivity contribution in [2.45, 2.75) is 32.7 Å². The maximum atomic E-state index is 6.02. The SMILES string of the molecule is CCC(C)c1ccc(N2COc3ccc4ccccc4c3C2)cc1. The van der Waals surface area contributed by atoms with Gasteiger partial charge in [-0.25, -0.2) is 0 Å². The van der Waals surface area contributed by atoms with Crippen molar-refractivity contribution in [1.29, 1.82) is 0 Å². The summed E-state index contributed by atoms with van der Waals surface area (Å²) in [5.41, 5.74) is 3.91. The third kappa shape index (κ3) is 2.62. The van der Waals surface area contributed by atoms with Crippen molar-refractivity contribution < 1.29 is 4.74 Å². The summed E-state index contributed by atoms with van der Waals surface area (Å²) in [4.78, 5) is 2.30. The first-order valence-electron chi connectivity index (χ1n) is 8.74. The lowest BCUT2D eigenvalue weighted by atomic mass is 9.98. The molecule has 122 valence electrons. The molecule has 2 heteroatoms. The van der Waals surface area contributed by atoms with Gasteiger partial charge in [-0.2, -0.15) is 0 Å². The molecule has 4 rings (SSSR count). The molecule has 3 aromatic rings. The molecule has 0 aliphatic carbocycles. The number of nitrogens with zero attached hydrogens (tertiary/aromatic N) is 1. The molecule has 0 amide bonds. The molecule has 1 aliphatic heterocycles. The molecule has 0 bridgehead atoms. The normalized spacial score (nSPS) is 15.0. The molecule has 0 saturated carbocycles. The molecule has 24 heavy (non-hydrogen) atoms. The lowest BCUT2D eigenvalue weighted by Gasteiger charge is -2.31. The topological polar surface area (TPSA) is 12.5 Å². The smallest absolute Gasteiger partial charge is 0.161 e. The van der Waals surface area contributed by atoms with Gasteiger partial charge in [0.15, 0.2) is 6.73 Å². The van der Waals surface area contributed by atoms with Gasteiger partial charge in [-0.1, -0.05) is 56.3 Å². The van der Waals surface area contributed by atoms with Crippen LogP contribution in [0.15, 0.2) is 60.7 Å². The molecular formula is C22H23NO. The van der Waals surface area contributed by atoms with Crippen LogP contribution in [0.2, 0.25) is 0 Å². The number of fused-ring (bicyclic) bond motifs is 3. The summed E-state index contributed by atoms with van der Waals surface area (Å²) < 4.78 is 6.02. The Labute approximate surface area is 143 Å². The Morgan fingerprint density at radius 3 is 2.58 bits per heavy atom. The first-order valence-corrected chi connectivity index (χ1v) is 8.74. The highest BCUT2D eigenvalue weighted by atomic mass is 16.5. The predicted octanol–water partition coefficient (Wildman–Crippen LogP) is 5.71. The van der Waals surface area contributed by atoms with Gasteiger partial charge in [0.2, 0.25) is 0 Å². The van der Waals surface area contributed by atoms with Gasteiger partial charge in [-0.15, -0.1) is 0 Å². The molecule has 1 aliphatic rings. The van der Waals surface area contributed by atoms with Crippen LogP contribution in [-0.4, -0.2) is 6.73 Å². The molecule has 0 N–H and O–H groups in total. The molecule has 1 atom stereocenters. The Hall–Kier alpha value is -2.48. The van der Waals surface area contributed by atoms with Crippen LogP contribution in [0.5, 0.6) is 5.75 Å². The third-order valence-corrected chi connectivity index (χ3v) is 5.16. The number of benzene rings is 3. The molecule has 3 aromatic carbocycles. The standard InChI is InChI=1S/C22H23NO/c1-3-16(2)17-8-11-19(12-9-17)23-14-21-20-7-5-4-6-18(20)10-13-22(21)24-15-23/h4-13,16H,3,14-15H2,1-2H3. The Balaban J connectivity index is 1.65. The zero-order valence-electron chi connectivity index (χ0n) is 14.3. The monoisotopic (exact) mass is 317 g/mol. The lowest BCUT2D eigenvalue weighted by Crippen LogP contribution is -2.31. The van der Waals surface area contributed by atoms with Crippen molar-refractivity contribution in [3.05, 3.63) is 71.8 Å². The highest BCUT2D eigenvalue weighted by Crippen LogP contribution is 2.34. The molecule has 1 unspecified atom stereocenters. The molecule has 0 radical (unpaired) electrons. The Bertz CT molecular complexity index is 853. The van der Waals surface area contributed by atoms with Gasteiger partial charge in [0.25, 0.3) is 0 Å². The van der Waals surface area contributed by atoms with Crippen LogP contribution in [0.4, 0.5) is 5.69 Å². The zero-order valence-corrected chi connectivity index (χ0v) is 14.3. The second kappa shape index (κ2) is 6.20. The van der Waals surface area contributed by atoms with Gasteiger partial charge in [0.05, 0.1) is 6.54 Å². The minimum absolute atomic E-state index is 0.605. The van der Waals surface area contributed by atoms with E-state index in [0.29, 0.717) is 12.6 Å². The van der Waals surface area contributed by atoms with E-state index >= 15 is 0 Å². The van der Waals surface area contributed by atoms with Gasteiger partial charge >= 0.3 is 0 Å². The van der Waals surface area contributed by atoms with Crippen molar-refractivity contribution in [3.63, 3.8) is 0 Å². The van der Waals surface area contributed by atoms with E-state index in [0.717, 1.165) is 12.3 Å². The highest BCUT2D eigenvalue weighted by molar-refractivity contribution is 5.88. The van der Waals surface area contributed by atoms with Crippen LogP contribution in [0, 0.1) is 0 Å². The second-order valence-corrected chi connectivity index (χ2v) is 6.64. The molecular weight excluding hydrogens is 294 g/mol. The van der Waals surface area contributed by atoms with Gasteiger partial charge < -0.3 is 9.64 Å². The number of rotatable bonds is 3. The van der Waals surface area contributed by atoms with Crippen LogP contribution in [0.1, 0.15) is 37.3 Å². The Morgan fingerprint density at radius 1 is 1.00 bits per heavy atom. The molecule has 1 heterocycles. The number of hydrogen-bond acceptors (Lipinski definition) is 2. The van der Waals surface area contributed by atoms with Crippen molar-refractivity contribution in [1.82, 2.24) is 0 Å². The predicted molar refractivity (Wildman–Crippen MR) is 101 cm³/mol. The van der Waals surface area contributed by atoms with Crippen molar-refractivity contribution >= 4 is 16.5 Å². The van der Waals surface area contributed by atoms with Gasteiger partial charge in [-0.3, -0.25) is 0 Å². The van der Waals surface area contributed by atoms with E-state index in [1.165, 1.54) is 34.0 Å². The van der Waals surface area contributed by atoms with Crippen LogP contribution in [0.3, 0.4) is 0 Å². The van der Waals surface area contributed by atoms with E-state index in [-0.39, 0.29) is 0 Å². The first kappa shape index (κ1) is 15.1. The fourth-order valence-electron chi connectivity index (χ4n) is 3.41. The second-order valence-electron chi connectivity index (χ2n) is 6.64. The van der Waals surface area contributed by atoms with E-state index in [4.69, 9.17) is 4.74 Å². The molecule has 0 aromatic heterocycles. The summed E-state index contributed by atoms with van der Waals surface area (Å²) in [6.45, 7) is 6.01. The fraction of sp³-hybridized carbons (Fsp3) is 0.273. The third-order valence-electron chi connectivity index (χ3n) is 5.16. The van der Waals surface area contributed by atoms with Crippen LogP contribution >= 0.6 is 0 Å². The van der Waals surface area contributed by atoms with Crippen LogP contribution in [-0.2, 0) is 6.54 Å². The van der Waals surface area contributed by atoms with E-state index in [9.17, 15) is 0 Å². The zero-order chi connectivity index (χ0) is 16.5. The largest absolute Gasteiger partial charge is 0.473 e. The van der Waals surface area contributed by atoms with Crippen LogP contribution < -0.4 is 9.64 Å². The molecule has 0 spiro atoms. The van der Waals surface area contributed by atoms with E-state index in [1.807, 2.05) is 0 Å².